The molecule has 11 heteroatoms. The molecule has 0 saturated heterocycles. The Morgan fingerprint density at radius 3 is 2.07 bits per heavy atom. The molecule has 0 radical (unpaired) electrons. The van der Waals surface area contributed by atoms with Crippen LogP contribution in [-0.4, -0.2) is 43.5 Å². The van der Waals surface area contributed by atoms with Crippen LogP contribution in [0.2, 0.25) is 0 Å². The van der Waals surface area contributed by atoms with E-state index in [4.69, 9.17) is 0 Å². The average molecular weight is 485 g/mol. The molecule has 0 atom stereocenters. The van der Waals surface area contributed by atoms with Crippen LogP contribution in [-0.2, 0) is 14.3 Å². The van der Waals surface area contributed by atoms with Crippen molar-refractivity contribution >= 4 is 39.6 Å². The summed E-state index contributed by atoms with van der Waals surface area (Å²) in [6.07, 6.45) is 0. The van der Waals surface area contributed by atoms with Crippen LogP contribution in [0.1, 0.15) is 20.7 Å². The highest BCUT2D eigenvalue weighted by Gasteiger charge is 2.14. The Kier molecular flexibility index (Phi) is 8.41. The number of hydrogen-bond acceptors (Lipinski definition) is 6. The predicted molar refractivity (Wildman–Crippen MR) is 103 cm³/mol. The van der Waals surface area contributed by atoms with Gasteiger partial charge in [0.2, 0.25) is 0 Å². The van der Waals surface area contributed by atoms with Crippen molar-refractivity contribution in [1.82, 2.24) is 10.6 Å². The zero-order valence-electron chi connectivity index (χ0n) is 15.2. The molecule has 8 nitrogen and oxygen atoms in total. The van der Waals surface area contributed by atoms with Crippen molar-refractivity contribution in [3.8, 4) is 5.75 Å². The van der Waals surface area contributed by atoms with E-state index in [1.54, 1.807) is 24.3 Å². The van der Waals surface area contributed by atoms with Crippen molar-refractivity contribution in [2.24, 2.45) is 0 Å². The van der Waals surface area contributed by atoms with E-state index in [2.05, 4.69) is 30.7 Å². The molecule has 0 heterocycles. The summed E-state index contributed by atoms with van der Waals surface area (Å²) in [6, 6.07) is 11.1. The molecule has 0 bridgehead atoms. The van der Waals surface area contributed by atoms with Gasteiger partial charge in [0, 0.05) is 15.6 Å². The fourth-order valence-electron chi connectivity index (χ4n) is 2.08. The lowest BCUT2D eigenvalue weighted by atomic mass is 10.2. The zero-order chi connectivity index (χ0) is 22.1. The second kappa shape index (κ2) is 11.0. The summed E-state index contributed by atoms with van der Waals surface area (Å²) in [6.45, 7) is -4.21. The predicted octanol–water partition coefficient (Wildman–Crippen LogP) is 2.28. The number of carbonyl (C=O) groups is 4. The lowest BCUT2D eigenvalue weighted by Crippen LogP contribution is -2.36. The van der Waals surface area contributed by atoms with E-state index in [-0.39, 0.29) is 11.3 Å². The molecule has 2 aromatic carbocycles. The van der Waals surface area contributed by atoms with Gasteiger partial charge in [-0.1, -0.05) is 15.9 Å². The molecule has 2 rings (SSSR count). The Labute approximate surface area is 177 Å². The Bertz CT molecular complexity index is 920. The summed E-state index contributed by atoms with van der Waals surface area (Å²) in [5, 5.41) is 4.31. The third-order valence-corrected chi connectivity index (χ3v) is 3.99. The number of nitrogens with one attached hydrogen (secondary N) is 2. The van der Waals surface area contributed by atoms with Gasteiger partial charge in [-0.15, -0.1) is 0 Å². The molecular formula is C19H15BrF2N2O6. The fourth-order valence-corrected chi connectivity index (χ4v) is 2.34. The van der Waals surface area contributed by atoms with Crippen LogP contribution < -0.4 is 15.4 Å². The Morgan fingerprint density at radius 2 is 1.47 bits per heavy atom. The number of amides is 3. The quantitative estimate of drug-likeness (QED) is 0.556. The molecule has 2 aromatic rings. The van der Waals surface area contributed by atoms with E-state index in [0.717, 1.165) is 16.6 Å². The van der Waals surface area contributed by atoms with E-state index in [0.29, 0.717) is 5.56 Å². The summed E-state index contributed by atoms with van der Waals surface area (Å²) in [5.74, 6) is -3.24. The smallest absolute Gasteiger partial charge is 0.387 e. The molecule has 0 aliphatic heterocycles. The summed E-state index contributed by atoms with van der Waals surface area (Å²) in [7, 11) is 0. The minimum absolute atomic E-state index is 0.0121. The van der Waals surface area contributed by atoms with Crippen LogP contribution in [0.15, 0.2) is 53.0 Å². The Hall–Kier alpha value is -3.34. The maximum absolute atomic E-state index is 12.1. The van der Waals surface area contributed by atoms with E-state index in [9.17, 15) is 28.0 Å². The van der Waals surface area contributed by atoms with Gasteiger partial charge in [-0.25, -0.2) is 0 Å². The van der Waals surface area contributed by atoms with E-state index in [1.165, 1.54) is 12.1 Å². The van der Waals surface area contributed by atoms with Gasteiger partial charge < -0.3 is 14.8 Å². The summed E-state index contributed by atoms with van der Waals surface area (Å²) in [4.78, 5) is 47.1. The van der Waals surface area contributed by atoms with E-state index in [1.807, 2.05) is 5.32 Å². The molecule has 0 saturated carbocycles. The molecule has 0 unspecified atom stereocenters. The highest BCUT2D eigenvalue weighted by Crippen LogP contribution is 2.14. The summed E-state index contributed by atoms with van der Waals surface area (Å²) in [5.41, 5.74) is 0.345. The van der Waals surface area contributed by atoms with Crippen LogP contribution in [0.25, 0.3) is 0 Å². The standard InChI is InChI=1S/C19H15BrF2N2O6/c20-13-5-1-11(2-6-13)17(27)23-9-16(26)29-10-15(25)24-18(28)12-3-7-14(8-4-12)30-19(21)22/h1-8,19H,9-10H2,(H,23,27)(H,24,25,28). The van der Waals surface area contributed by atoms with Gasteiger partial charge in [0.05, 0.1) is 0 Å². The SMILES string of the molecule is O=C(COC(=O)CNC(=O)c1ccc(Br)cc1)NC(=O)c1ccc(OC(F)F)cc1. The first-order valence-electron chi connectivity index (χ1n) is 8.33. The second-order valence-corrected chi connectivity index (χ2v) is 6.55. The number of esters is 1. The number of ether oxygens (including phenoxy) is 2. The summed E-state index contributed by atoms with van der Waals surface area (Å²) >= 11 is 3.23. The third-order valence-electron chi connectivity index (χ3n) is 3.46. The minimum Gasteiger partial charge on any atom is -0.454 e. The Balaban J connectivity index is 1.72. The van der Waals surface area contributed by atoms with E-state index >= 15 is 0 Å². The third kappa shape index (κ3) is 7.59. The number of rotatable bonds is 8. The molecule has 158 valence electrons. The minimum atomic E-state index is -3.00. The molecule has 3 amide bonds. The monoisotopic (exact) mass is 484 g/mol. The number of imide groups is 1. The maximum atomic E-state index is 12.1. The van der Waals surface area contributed by atoms with Gasteiger partial charge in [0.25, 0.3) is 17.7 Å². The van der Waals surface area contributed by atoms with Gasteiger partial charge in [-0.05, 0) is 48.5 Å². The first-order chi connectivity index (χ1) is 14.2. The maximum Gasteiger partial charge on any atom is 0.387 e. The lowest BCUT2D eigenvalue weighted by Gasteiger charge is -2.08. The lowest BCUT2D eigenvalue weighted by molar-refractivity contribution is -0.147. The molecule has 0 aliphatic carbocycles. The van der Waals surface area contributed by atoms with Crippen LogP contribution in [0.3, 0.4) is 0 Å². The first-order valence-corrected chi connectivity index (χ1v) is 9.12. The van der Waals surface area contributed by atoms with Crippen LogP contribution in [0.5, 0.6) is 5.75 Å². The van der Waals surface area contributed by atoms with Gasteiger partial charge >= 0.3 is 12.6 Å². The largest absolute Gasteiger partial charge is 0.454 e. The van der Waals surface area contributed by atoms with E-state index < -0.39 is 43.5 Å². The van der Waals surface area contributed by atoms with Crippen molar-refractivity contribution in [3.63, 3.8) is 0 Å². The van der Waals surface area contributed by atoms with Crippen LogP contribution in [0.4, 0.5) is 8.78 Å². The Morgan fingerprint density at radius 1 is 0.900 bits per heavy atom. The van der Waals surface area contributed by atoms with Crippen molar-refractivity contribution in [2.45, 2.75) is 6.61 Å². The first kappa shape index (κ1) is 22.9. The number of carbonyl (C=O) groups excluding carboxylic acids is 4. The second-order valence-electron chi connectivity index (χ2n) is 5.63. The summed E-state index contributed by atoms with van der Waals surface area (Å²) < 4.78 is 33.8. The number of alkyl halides is 2. The van der Waals surface area contributed by atoms with Crippen molar-refractivity contribution in [3.05, 3.63) is 64.1 Å². The molecular weight excluding hydrogens is 470 g/mol. The molecule has 2 N–H and O–H groups in total. The molecule has 0 spiro atoms. The van der Waals surface area contributed by atoms with Crippen molar-refractivity contribution < 1.29 is 37.4 Å². The van der Waals surface area contributed by atoms with Crippen LogP contribution in [0, 0.1) is 0 Å². The molecule has 0 fully saturated rings. The number of hydrogen-bond donors (Lipinski definition) is 2. The topological polar surface area (TPSA) is 111 Å². The highest BCUT2D eigenvalue weighted by atomic mass is 79.9. The van der Waals surface area contributed by atoms with Crippen LogP contribution >= 0.6 is 15.9 Å². The van der Waals surface area contributed by atoms with Crippen molar-refractivity contribution in [2.75, 3.05) is 13.2 Å². The normalized spacial score (nSPS) is 10.3. The molecule has 0 aliphatic rings. The van der Waals surface area contributed by atoms with Gasteiger partial charge in [-0.3, -0.25) is 24.5 Å². The number of benzene rings is 2. The van der Waals surface area contributed by atoms with Gasteiger partial charge in [0.1, 0.15) is 12.3 Å². The van der Waals surface area contributed by atoms with Gasteiger partial charge in [0.15, 0.2) is 6.61 Å². The molecule has 0 aromatic heterocycles. The fraction of sp³-hybridized carbons (Fsp3) is 0.158. The zero-order valence-corrected chi connectivity index (χ0v) is 16.8. The molecule has 30 heavy (non-hydrogen) atoms. The highest BCUT2D eigenvalue weighted by molar-refractivity contribution is 9.10. The van der Waals surface area contributed by atoms with Gasteiger partial charge in [-0.2, -0.15) is 8.78 Å². The number of halogens is 3. The average Bonchev–Trinajstić information content (AvgIpc) is 2.71. The van der Waals surface area contributed by atoms with Crippen molar-refractivity contribution in [1.29, 1.82) is 0 Å².